The molecule has 5 nitrogen and oxygen atoms in total. The molecule has 3 rings (SSSR count). The molecule has 1 saturated carbocycles. The van der Waals surface area contributed by atoms with Crippen LogP contribution in [0.3, 0.4) is 0 Å². The molecule has 1 aliphatic carbocycles. The van der Waals surface area contributed by atoms with E-state index in [0.717, 1.165) is 30.4 Å². The number of carbonyl (C=O) groups is 2. The molecule has 5 heteroatoms. The van der Waals surface area contributed by atoms with E-state index in [9.17, 15) is 9.59 Å². The maximum absolute atomic E-state index is 13.1. The number of hydrogen-bond donors (Lipinski definition) is 1. The number of fused-ring (bicyclic) bond motifs is 1. The van der Waals surface area contributed by atoms with Crippen molar-refractivity contribution in [2.75, 3.05) is 0 Å². The molecule has 1 N–H and O–H groups in total. The second-order valence-corrected chi connectivity index (χ2v) is 8.97. The van der Waals surface area contributed by atoms with E-state index >= 15 is 0 Å². The van der Waals surface area contributed by atoms with Crippen LogP contribution in [0.2, 0.25) is 0 Å². The van der Waals surface area contributed by atoms with Gasteiger partial charge in [0, 0.05) is 12.5 Å². The Kier molecular flexibility index (Phi) is 5.78. The third-order valence-corrected chi connectivity index (χ3v) is 5.62. The highest BCUT2D eigenvalue weighted by Crippen LogP contribution is 2.27. The van der Waals surface area contributed by atoms with Gasteiger partial charge in [0.1, 0.15) is 11.6 Å². The number of carbonyl (C=O) groups excluding carboxylic acids is 2. The van der Waals surface area contributed by atoms with Gasteiger partial charge in [-0.15, -0.1) is 0 Å². The summed E-state index contributed by atoms with van der Waals surface area (Å²) in [5, 5.41) is 3.23. The first-order valence-electron chi connectivity index (χ1n) is 10.1. The van der Waals surface area contributed by atoms with Crippen LogP contribution in [0.1, 0.15) is 64.5 Å². The fourth-order valence-electron chi connectivity index (χ4n) is 4.08. The van der Waals surface area contributed by atoms with E-state index in [1.807, 2.05) is 45.0 Å². The maximum Gasteiger partial charge on any atom is 0.411 e. The summed E-state index contributed by atoms with van der Waals surface area (Å²) in [4.78, 5) is 27.6. The summed E-state index contributed by atoms with van der Waals surface area (Å²) in [6, 6.07) is 7.69. The third kappa shape index (κ3) is 4.82. The second kappa shape index (κ2) is 7.91. The van der Waals surface area contributed by atoms with Crippen molar-refractivity contribution < 1.29 is 14.3 Å². The minimum absolute atomic E-state index is 0.0610. The molecule has 0 radical (unpaired) electrons. The Morgan fingerprint density at radius 2 is 1.78 bits per heavy atom. The van der Waals surface area contributed by atoms with Crippen LogP contribution in [0.5, 0.6) is 0 Å². The summed E-state index contributed by atoms with van der Waals surface area (Å²) in [6.45, 7) is 8.15. The Balaban J connectivity index is 1.80. The Morgan fingerprint density at radius 3 is 2.44 bits per heavy atom. The van der Waals surface area contributed by atoms with Gasteiger partial charge in [0.05, 0.1) is 6.54 Å². The van der Waals surface area contributed by atoms with E-state index in [1.165, 1.54) is 6.42 Å². The van der Waals surface area contributed by atoms with E-state index in [1.54, 1.807) is 4.90 Å². The first-order chi connectivity index (χ1) is 12.7. The van der Waals surface area contributed by atoms with E-state index in [4.69, 9.17) is 4.74 Å². The van der Waals surface area contributed by atoms with E-state index in [0.29, 0.717) is 18.9 Å². The van der Waals surface area contributed by atoms with Gasteiger partial charge in [-0.25, -0.2) is 4.79 Å². The van der Waals surface area contributed by atoms with Crippen LogP contribution in [-0.4, -0.2) is 34.6 Å². The largest absolute Gasteiger partial charge is 0.444 e. The number of nitrogens with one attached hydrogen (secondary N) is 1. The van der Waals surface area contributed by atoms with E-state index < -0.39 is 17.7 Å². The standard InChI is InChI=1S/C22H32N2O3/c1-15-9-5-8-12-18(15)23-20(25)19-13-16-10-6-7-11-17(16)14-24(19)21(26)27-22(2,3)4/h6-7,10-11,15,18-19H,5,8-9,12-14H2,1-4H3,(H,23,25)/t15-,18+,19-/m1/s1. The molecule has 0 unspecified atom stereocenters. The van der Waals surface area contributed by atoms with Crippen molar-refractivity contribution >= 4 is 12.0 Å². The normalized spacial score (nSPS) is 25.5. The fraction of sp³-hybridized carbons (Fsp3) is 0.636. The van der Waals surface area contributed by atoms with Crippen LogP contribution < -0.4 is 5.32 Å². The van der Waals surface area contributed by atoms with Crippen molar-refractivity contribution in [3.8, 4) is 0 Å². The minimum Gasteiger partial charge on any atom is -0.444 e. The predicted octanol–water partition coefficient (Wildman–Crippen LogP) is 4.04. The van der Waals surface area contributed by atoms with E-state index in [-0.39, 0.29) is 11.9 Å². The lowest BCUT2D eigenvalue weighted by molar-refractivity contribution is -0.128. The molecule has 1 heterocycles. The first-order valence-corrected chi connectivity index (χ1v) is 10.1. The van der Waals surface area contributed by atoms with E-state index in [2.05, 4.69) is 12.2 Å². The zero-order valence-corrected chi connectivity index (χ0v) is 17.0. The van der Waals surface area contributed by atoms with Crippen LogP contribution >= 0.6 is 0 Å². The van der Waals surface area contributed by atoms with Gasteiger partial charge in [-0.1, -0.05) is 44.0 Å². The number of rotatable bonds is 2. The lowest BCUT2D eigenvalue weighted by atomic mass is 9.85. The number of nitrogens with zero attached hydrogens (tertiary/aromatic N) is 1. The second-order valence-electron chi connectivity index (χ2n) is 8.97. The highest BCUT2D eigenvalue weighted by molar-refractivity contribution is 5.87. The maximum atomic E-state index is 13.1. The van der Waals surface area contributed by atoms with Gasteiger partial charge in [0.15, 0.2) is 0 Å². The number of amides is 2. The van der Waals surface area contributed by atoms with Gasteiger partial charge in [0.25, 0.3) is 0 Å². The Hall–Kier alpha value is -2.04. The van der Waals surface area contributed by atoms with Gasteiger partial charge in [-0.2, -0.15) is 0 Å². The van der Waals surface area contributed by atoms with Crippen LogP contribution in [0, 0.1) is 5.92 Å². The van der Waals surface area contributed by atoms with Gasteiger partial charge in [0.2, 0.25) is 5.91 Å². The summed E-state index contributed by atoms with van der Waals surface area (Å²) in [5.74, 6) is 0.419. The molecule has 0 bridgehead atoms. The topological polar surface area (TPSA) is 58.6 Å². The monoisotopic (exact) mass is 372 g/mol. The number of hydrogen-bond acceptors (Lipinski definition) is 3. The molecule has 2 amide bonds. The number of benzene rings is 1. The molecule has 0 aromatic heterocycles. The third-order valence-electron chi connectivity index (χ3n) is 5.62. The van der Waals surface area contributed by atoms with Gasteiger partial charge < -0.3 is 10.1 Å². The minimum atomic E-state index is -0.590. The zero-order valence-electron chi connectivity index (χ0n) is 17.0. The summed E-state index contributed by atoms with van der Waals surface area (Å²) >= 11 is 0. The van der Waals surface area contributed by atoms with Crippen LogP contribution in [0.4, 0.5) is 4.79 Å². The highest BCUT2D eigenvalue weighted by Gasteiger charge is 2.38. The Bertz CT molecular complexity index is 695. The van der Waals surface area contributed by atoms with Crippen LogP contribution in [-0.2, 0) is 22.5 Å². The molecule has 0 saturated heterocycles. The molecule has 27 heavy (non-hydrogen) atoms. The van der Waals surface area contributed by atoms with Crippen LogP contribution in [0.25, 0.3) is 0 Å². The van der Waals surface area contributed by atoms with Crippen molar-refractivity contribution in [2.24, 2.45) is 5.92 Å². The van der Waals surface area contributed by atoms with Crippen LogP contribution in [0.15, 0.2) is 24.3 Å². The quantitative estimate of drug-likeness (QED) is 0.852. The molecule has 1 fully saturated rings. The predicted molar refractivity (Wildman–Crippen MR) is 105 cm³/mol. The lowest BCUT2D eigenvalue weighted by Crippen LogP contribution is -2.56. The average Bonchev–Trinajstić information content (AvgIpc) is 2.61. The molecule has 0 spiro atoms. The number of ether oxygens (including phenoxy) is 1. The summed E-state index contributed by atoms with van der Waals surface area (Å²) < 4.78 is 5.59. The molecular weight excluding hydrogens is 340 g/mol. The van der Waals surface area contributed by atoms with Crippen molar-refractivity contribution in [3.63, 3.8) is 0 Å². The summed E-state index contributed by atoms with van der Waals surface area (Å²) in [6.07, 6.45) is 4.65. The average molecular weight is 373 g/mol. The van der Waals surface area contributed by atoms with Gasteiger partial charge >= 0.3 is 6.09 Å². The summed E-state index contributed by atoms with van der Waals surface area (Å²) in [7, 11) is 0. The van der Waals surface area contributed by atoms with Gasteiger partial charge in [-0.05, 0) is 50.7 Å². The van der Waals surface area contributed by atoms with Crippen molar-refractivity contribution in [3.05, 3.63) is 35.4 Å². The lowest BCUT2D eigenvalue weighted by Gasteiger charge is -2.38. The fourth-order valence-corrected chi connectivity index (χ4v) is 4.08. The molecule has 1 aromatic rings. The molecule has 3 atom stereocenters. The SMILES string of the molecule is C[C@@H]1CCCC[C@@H]1NC(=O)[C@H]1Cc2ccccc2CN1C(=O)OC(C)(C)C. The highest BCUT2D eigenvalue weighted by atomic mass is 16.6. The molecule has 148 valence electrons. The smallest absolute Gasteiger partial charge is 0.411 e. The van der Waals surface area contributed by atoms with Crippen molar-refractivity contribution in [1.82, 2.24) is 10.2 Å². The Labute approximate surface area is 162 Å². The molecule has 1 aromatic carbocycles. The summed E-state index contributed by atoms with van der Waals surface area (Å²) in [5.41, 5.74) is 1.63. The van der Waals surface area contributed by atoms with Gasteiger partial charge in [-0.3, -0.25) is 9.69 Å². The molecule has 2 aliphatic rings. The Morgan fingerprint density at radius 1 is 1.11 bits per heavy atom. The van der Waals surface area contributed by atoms with Crippen molar-refractivity contribution in [1.29, 1.82) is 0 Å². The molecule has 1 aliphatic heterocycles. The molecular formula is C22H32N2O3. The zero-order chi connectivity index (χ0) is 19.6. The first kappa shape index (κ1) is 19.7. The van der Waals surface area contributed by atoms with Crippen molar-refractivity contribution in [2.45, 2.75) is 84.0 Å².